The van der Waals surface area contributed by atoms with Crippen molar-refractivity contribution in [2.45, 2.75) is 30.6 Å². The van der Waals surface area contributed by atoms with E-state index in [0.717, 1.165) is 0 Å². The zero-order valence-electron chi connectivity index (χ0n) is 15.5. The summed E-state index contributed by atoms with van der Waals surface area (Å²) in [6.45, 7) is -0.0814. The molecular weight excluding hydrogens is 433 g/mol. The second kappa shape index (κ2) is 6.92. The van der Waals surface area contributed by atoms with Gasteiger partial charge in [-0.2, -0.15) is 36.0 Å². The van der Waals surface area contributed by atoms with Gasteiger partial charge in [-0.1, -0.05) is 12.1 Å². The van der Waals surface area contributed by atoms with Gasteiger partial charge in [0.25, 0.3) is 0 Å². The first-order valence-corrected chi connectivity index (χ1v) is 8.94. The van der Waals surface area contributed by atoms with E-state index < -0.39 is 40.6 Å². The highest BCUT2D eigenvalue weighted by Crippen LogP contribution is 2.42. The van der Waals surface area contributed by atoms with E-state index in [-0.39, 0.29) is 31.0 Å². The minimum absolute atomic E-state index is 0.0545. The number of Topliss-reactive ketones (excluding diaryl/α,β-unsaturated/α-hetero) is 1. The lowest BCUT2D eigenvalue weighted by atomic mass is 9.63. The van der Waals surface area contributed by atoms with Crippen LogP contribution in [-0.4, -0.2) is 26.9 Å². The predicted octanol–water partition coefficient (Wildman–Crippen LogP) is 4.62. The molecule has 1 N–H and O–H groups in total. The highest BCUT2D eigenvalue weighted by Gasteiger charge is 2.45. The summed E-state index contributed by atoms with van der Waals surface area (Å²) in [6.07, 6.45) is -9.67. The highest BCUT2D eigenvalue weighted by molar-refractivity contribution is 5.89. The summed E-state index contributed by atoms with van der Waals surface area (Å²) >= 11 is 0. The van der Waals surface area contributed by atoms with Crippen LogP contribution >= 0.6 is 0 Å². The molecule has 1 aliphatic rings. The lowest BCUT2D eigenvalue weighted by Gasteiger charge is -2.41. The van der Waals surface area contributed by atoms with Crippen LogP contribution in [-0.2, 0) is 22.6 Å². The Labute approximate surface area is 169 Å². The quantitative estimate of drug-likeness (QED) is 0.595. The maximum atomic E-state index is 13.3. The van der Waals surface area contributed by atoms with Crippen molar-refractivity contribution in [3.8, 4) is 0 Å². The number of alkyl halides is 6. The molecule has 0 aliphatic heterocycles. The van der Waals surface area contributed by atoms with Crippen molar-refractivity contribution >= 4 is 17.2 Å². The second-order valence-corrected chi connectivity index (χ2v) is 7.35. The average molecular weight is 446 g/mol. The normalized spacial score (nSPS) is 16.4. The molecule has 1 saturated carbocycles. The van der Waals surface area contributed by atoms with Crippen LogP contribution in [0.25, 0.3) is 5.65 Å². The Kier molecular flexibility index (Phi) is 4.70. The Morgan fingerprint density at radius 1 is 0.968 bits per heavy atom. The van der Waals surface area contributed by atoms with Crippen LogP contribution in [0, 0.1) is 5.82 Å². The lowest BCUT2D eigenvalue weighted by Crippen LogP contribution is -2.47. The molecular formula is C19H13F7N4O. The van der Waals surface area contributed by atoms with E-state index >= 15 is 0 Å². The fraction of sp³-hybridized carbons (Fsp3) is 0.316. The van der Waals surface area contributed by atoms with Crippen molar-refractivity contribution in [1.29, 1.82) is 0 Å². The SMILES string of the molecule is O=C1CC(CNc2cc(C(F)(F)F)nc3cc(C(F)(F)F)nn23)(c2ccc(F)cc2)C1. The number of benzene rings is 1. The number of nitrogens with one attached hydrogen (secondary N) is 1. The van der Waals surface area contributed by atoms with Crippen LogP contribution in [0.3, 0.4) is 0 Å². The summed E-state index contributed by atoms with van der Waals surface area (Å²) < 4.78 is 92.6. The van der Waals surface area contributed by atoms with Crippen molar-refractivity contribution in [3.05, 3.63) is 59.2 Å². The van der Waals surface area contributed by atoms with Crippen LogP contribution in [0.4, 0.5) is 36.6 Å². The number of aromatic nitrogens is 3. The summed E-state index contributed by atoms with van der Waals surface area (Å²) in [5, 5.41) is 6.02. The Bertz CT molecular complexity index is 1140. The molecule has 31 heavy (non-hydrogen) atoms. The van der Waals surface area contributed by atoms with Gasteiger partial charge in [-0.05, 0) is 17.7 Å². The molecule has 0 atom stereocenters. The third kappa shape index (κ3) is 3.93. The Hall–Kier alpha value is -3.18. The number of fused-ring (bicyclic) bond motifs is 1. The van der Waals surface area contributed by atoms with Gasteiger partial charge in [-0.15, -0.1) is 0 Å². The summed E-state index contributed by atoms with van der Waals surface area (Å²) in [4.78, 5) is 14.9. The van der Waals surface area contributed by atoms with Gasteiger partial charge >= 0.3 is 12.4 Å². The van der Waals surface area contributed by atoms with Gasteiger partial charge < -0.3 is 5.32 Å². The zero-order chi connectivity index (χ0) is 22.6. The number of hydrogen-bond acceptors (Lipinski definition) is 4. The minimum Gasteiger partial charge on any atom is -0.369 e. The summed E-state index contributed by atoms with van der Waals surface area (Å²) in [6, 6.07) is 6.28. The number of anilines is 1. The monoisotopic (exact) mass is 446 g/mol. The van der Waals surface area contributed by atoms with E-state index in [9.17, 15) is 35.5 Å². The topological polar surface area (TPSA) is 59.3 Å². The third-order valence-electron chi connectivity index (χ3n) is 5.14. The number of hydrogen-bond donors (Lipinski definition) is 1. The largest absolute Gasteiger partial charge is 0.435 e. The van der Waals surface area contributed by atoms with E-state index in [1.807, 2.05) is 0 Å². The molecule has 12 heteroatoms. The molecule has 5 nitrogen and oxygen atoms in total. The molecule has 1 fully saturated rings. The van der Waals surface area contributed by atoms with E-state index in [1.165, 1.54) is 24.3 Å². The summed E-state index contributed by atoms with van der Waals surface area (Å²) in [5.74, 6) is -0.964. The molecule has 2 aromatic heterocycles. The van der Waals surface area contributed by atoms with Gasteiger partial charge in [0.2, 0.25) is 0 Å². The molecule has 1 aliphatic carbocycles. The fourth-order valence-corrected chi connectivity index (χ4v) is 3.58. The highest BCUT2D eigenvalue weighted by atomic mass is 19.4. The number of halogens is 7. The van der Waals surface area contributed by atoms with Gasteiger partial charge in [0.15, 0.2) is 17.0 Å². The van der Waals surface area contributed by atoms with E-state index in [2.05, 4.69) is 15.4 Å². The lowest BCUT2D eigenvalue weighted by molar-refractivity contribution is -0.142. The summed E-state index contributed by atoms with van der Waals surface area (Å²) in [5.41, 5.74) is -3.67. The fourth-order valence-electron chi connectivity index (χ4n) is 3.58. The van der Waals surface area contributed by atoms with Gasteiger partial charge in [0.1, 0.15) is 17.4 Å². The Balaban J connectivity index is 1.73. The smallest absolute Gasteiger partial charge is 0.369 e. The minimum atomic E-state index is -4.90. The van der Waals surface area contributed by atoms with Crippen LogP contribution in [0.1, 0.15) is 29.8 Å². The van der Waals surface area contributed by atoms with Crippen LogP contribution in [0.5, 0.6) is 0 Å². The molecule has 0 unspecified atom stereocenters. The van der Waals surface area contributed by atoms with Crippen molar-refractivity contribution in [2.24, 2.45) is 0 Å². The Morgan fingerprint density at radius 3 is 2.13 bits per heavy atom. The maximum absolute atomic E-state index is 13.3. The first kappa shape index (κ1) is 21.1. The van der Waals surface area contributed by atoms with Crippen molar-refractivity contribution in [3.63, 3.8) is 0 Å². The zero-order valence-corrected chi connectivity index (χ0v) is 15.5. The molecule has 0 saturated heterocycles. The predicted molar refractivity (Wildman–Crippen MR) is 93.8 cm³/mol. The van der Waals surface area contributed by atoms with E-state index in [4.69, 9.17) is 0 Å². The molecule has 0 radical (unpaired) electrons. The molecule has 0 amide bonds. The van der Waals surface area contributed by atoms with Crippen LogP contribution in [0.15, 0.2) is 36.4 Å². The molecule has 0 bridgehead atoms. The van der Waals surface area contributed by atoms with Gasteiger partial charge in [0, 0.05) is 36.9 Å². The number of nitrogens with zero attached hydrogens (tertiary/aromatic N) is 3. The molecule has 164 valence electrons. The number of carbonyl (C=O) groups excluding carboxylic acids is 1. The summed E-state index contributed by atoms with van der Waals surface area (Å²) in [7, 11) is 0. The first-order chi connectivity index (χ1) is 14.4. The molecule has 2 heterocycles. The Morgan fingerprint density at radius 2 is 1.58 bits per heavy atom. The standard InChI is InChI=1S/C19H13F7N4O/c20-11-3-1-10(2-4-11)17(7-12(31)8-17)9-27-15-5-13(18(21,22)23)28-16-6-14(19(24,25)26)29-30(15)16/h1-6,27H,7-9H2. The van der Waals surface area contributed by atoms with Crippen molar-refractivity contribution in [1.82, 2.24) is 14.6 Å². The van der Waals surface area contributed by atoms with E-state index in [1.54, 1.807) is 0 Å². The van der Waals surface area contributed by atoms with Crippen molar-refractivity contribution in [2.75, 3.05) is 11.9 Å². The van der Waals surface area contributed by atoms with Crippen LogP contribution in [0.2, 0.25) is 0 Å². The number of rotatable bonds is 4. The third-order valence-corrected chi connectivity index (χ3v) is 5.14. The second-order valence-electron chi connectivity index (χ2n) is 7.35. The molecule has 3 aromatic rings. The maximum Gasteiger partial charge on any atom is 0.435 e. The van der Waals surface area contributed by atoms with E-state index in [0.29, 0.717) is 22.2 Å². The average Bonchev–Trinajstić information content (AvgIpc) is 3.09. The number of ketones is 1. The van der Waals surface area contributed by atoms with Crippen LogP contribution < -0.4 is 5.32 Å². The first-order valence-electron chi connectivity index (χ1n) is 8.94. The molecule has 1 aromatic carbocycles. The van der Waals surface area contributed by atoms with Gasteiger partial charge in [0.05, 0.1) is 0 Å². The number of carbonyl (C=O) groups is 1. The van der Waals surface area contributed by atoms with Crippen molar-refractivity contribution < 1.29 is 35.5 Å². The van der Waals surface area contributed by atoms with Gasteiger partial charge in [-0.25, -0.2) is 9.37 Å². The molecule has 4 rings (SSSR count). The van der Waals surface area contributed by atoms with Gasteiger partial charge in [-0.3, -0.25) is 4.79 Å². The molecule has 0 spiro atoms.